The van der Waals surface area contributed by atoms with Crippen molar-refractivity contribution in [2.24, 2.45) is 0 Å². The van der Waals surface area contributed by atoms with Gasteiger partial charge in [-0.1, -0.05) is 12.1 Å². The van der Waals surface area contributed by atoms with Crippen molar-refractivity contribution in [2.75, 3.05) is 18.5 Å². The molecule has 0 amide bonds. The lowest BCUT2D eigenvalue weighted by Crippen LogP contribution is -2.39. The summed E-state index contributed by atoms with van der Waals surface area (Å²) in [7, 11) is 0. The lowest BCUT2D eigenvalue weighted by Gasteiger charge is -2.18. The third kappa shape index (κ3) is 6.57. The first kappa shape index (κ1) is 20.7. The molecule has 5 nitrogen and oxygen atoms in total. The van der Waals surface area contributed by atoms with Crippen molar-refractivity contribution < 1.29 is 14.3 Å². The Morgan fingerprint density at radius 3 is 2.63 bits per heavy atom. The number of anilines is 1. The normalized spacial score (nSPS) is 11.4. The van der Waals surface area contributed by atoms with Crippen LogP contribution in [0.1, 0.15) is 35.3 Å². The number of aryl methyl sites for hydroxylation is 2. The maximum Gasteiger partial charge on any atom is 0.338 e. The summed E-state index contributed by atoms with van der Waals surface area (Å²) < 4.78 is 10.8. The molecule has 0 saturated heterocycles. The van der Waals surface area contributed by atoms with E-state index in [4.69, 9.17) is 21.7 Å². The van der Waals surface area contributed by atoms with Gasteiger partial charge >= 0.3 is 5.97 Å². The number of carbonyl (C=O) groups is 1. The first-order valence-corrected chi connectivity index (χ1v) is 9.34. The van der Waals surface area contributed by atoms with Gasteiger partial charge in [-0.15, -0.1) is 0 Å². The topological polar surface area (TPSA) is 59.6 Å². The molecule has 0 fully saturated rings. The molecule has 27 heavy (non-hydrogen) atoms. The highest BCUT2D eigenvalue weighted by Gasteiger charge is 2.09. The zero-order chi connectivity index (χ0) is 19.8. The molecule has 0 aliphatic rings. The van der Waals surface area contributed by atoms with Crippen LogP contribution < -0.4 is 15.4 Å². The second-order valence-corrected chi connectivity index (χ2v) is 6.77. The van der Waals surface area contributed by atoms with E-state index in [0.717, 1.165) is 11.4 Å². The molecule has 0 saturated carbocycles. The van der Waals surface area contributed by atoms with Crippen LogP contribution >= 0.6 is 12.2 Å². The van der Waals surface area contributed by atoms with Gasteiger partial charge in [-0.25, -0.2) is 4.79 Å². The SMILES string of the molecule is CCOC(=O)c1cccc(NC(=S)N[C@@H](C)COc2ccc(C)c(C)c2)c1. The Balaban J connectivity index is 1.85. The standard InChI is InChI=1S/C21H26N2O3S/c1-5-25-20(24)17-7-6-8-18(12-17)23-21(27)22-16(4)13-26-19-10-9-14(2)15(3)11-19/h6-12,16H,5,13H2,1-4H3,(H2,22,23,27)/t16-/m0/s1. The van der Waals surface area contributed by atoms with E-state index >= 15 is 0 Å². The van der Waals surface area contributed by atoms with E-state index in [9.17, 15) is 4.79 Å². The molecule has 2 rings (SSSR count). The summed E-state index contributed by atoms with van der Waals surface area (Å²) in [5, 5.41) is 6.72. The zero-order valence-corrected chi connectivity index (χ0v) is 17.0. The number of ether oxygens (including phenoxy) is 2. The quantitative estimate of drug-likeness (QED) is 0.548. The molecule has 6 heteroatoms. The van der Waals surface area contributed by atoms with E-state index in [-0.39, 0.29) is 12.0 Å². The fraction of sp³-hybridized carbons (Fsp3) is 0.333. The second kappa shape index (κ2) is 9.92. The molecular formula is C21H26N2O3S. The highest BCUT2D eigenvalue weighted by Crippen LogP contribution is 2.16. The first-order chi connectivity index (χ1) is 12.9. The van der Waals surface area contributed by atoms with Gasteiger partial charge in [0.15, 0.2) is 5.11 Å². The fourth-order valence-electron chi connectivity index (χ4n) is 2.40. The number of hydrogen-bond donors (Lipinski definition) is 2. The van der Waals surface area contributed by atoms with Gasteiger partial charge in [-0.05, 0) is 81.4 Å². The van der Waals surface area contributed by atoms with Crippen LogP contribution in [-0.2, 0) is 4.74 Å². The predicted octanol–water partition coefficient (Wildman–Crippen LogP) is 4.23. The van der Waals surface area contributed by atoms with E-state index < -0.39 is 0 Å². The van der Waals surface area contributed by atoms with E-state index in [1.165, 1.54) is 11.1 Å². The molecule has 0 spiro atoms. The lowest BCUT2D eigenvalue weighted by atomic mass is 10.1. The summed E-state index contributed by atoms with van der Waals surface area (Å²) in [5.74, 6) is 0.489. The van der Waals surface area contributed by atoms with E-state index in [0.29, 0.717) is 23.9 Å². The van der Waals surface area contributed by atoms with Crippen LogP contribution in [0, 0.1) is 13.8 Å². The minimum Gasteiger partial charge on any atom is -0.491 e. The van der Waals surface area contributed by atoms with Gasteiger partial charge in [-0.3, -0.25) is 0 Å². The van der Waals surface area contributed by atoms with Crippen LogP contribution in [0.3, 0.4) is 0 Å². The summed E-state index contributed by atoms with van der Waals surface area (Å²) >= 11 is 5.35. The molecule has 0 unspecified atom stereocenters. The summed E-state index contributed by atoms with van der Waals surface area (Å²) in [6.45, 7) is 8.73. The first-order valence-electron chi connectivity index (χ1n) is 8.93. The van der Waals surface area contributed by atoms with Crippen molar-refractivity contribution in [3.8, 4) is 5.75 Å². The minimum atomic E-state index is -0.352. The van der Waals surface area contributed by atoms with Crippen LogP contribution in [0.25, 0.3) is 0 Å². The van der Waals surface area contributed by atoms with Crippen molar-refractivity contribution in [1.82, 2.24) is 5.32 Å². The Kier molecular flexibility index (Phi) is 7.61. The molecule has 0 radical (unpaired) electrons. The van der Waals surface area contributed by atoms with E-state index in [2.05, 4.69) is 24.5 Å². The van der Waals surface area contributed by atoms with Crippen molar-refractivity contribution >= 4 is 29.0 Å². The van der Waals surface area contributed by atoms with Crippen LogP contribution in [0.2, 0.25) is 0 Å². The lowest BCUT2D eigenvalue weighted by molar-refractivity contribution is 0.0526. The van der Waals surface area contributed by atoms with E-state index in [1.807, 2.05) is 31.2 Å². The molecule has 1 atom stereocenters. The molecule has 0 bridgehead atoms. The Morgan fingerprint density at radius 1 is 1.15 bits per heavy atom. The van der Waals surface area contributed by atoms with Gasteiger partial charge in [0.05, 0.1) is 18.2 Å². The highest BCUT2D eigenvalue weighted by molar-refractivity contribution is 7.80. The van der Waals surface area contributed by atoms with Crippen LogP contribution in [0.15, 0.2) is 42.5 Å². The van der Waals surface area contributed by atoms with Gasteiger partial charge < -0.3 is 20.1 Å². The molecule has 2 N–H and O–H groups in total. The Morgan fingerprint density at radius 2 is 1.93 bits per heavy atom. The average molecular weight is 387 g/mol. The Bertz CT molecular complexity index is 808. The van der Waals surface area contributed by atoms with Gasteiger partial charge in [0, 0.05) is 5.69 Å². The number of hydrogen-bond acceptors (Lipinski definition) is 4. The molecule has 0 aliphatic carbocycles. The number of thiocarbonyl (C=S) groups is 1. The minimum absolute atomic E-state index is 0.0137. The Labute approximate surface area is 166 Å². The van der Waals surface area contributed by atoms with Crippen molar-refractivity contribution in [2.45, 2.75) is 33.7 Å². The number of nitrogens with one attached hydrogen (secondary N) is 2. The summed E-state index contributed by atoms with van der Waals surface area (Å²) in [4.78, 5) is 11.8. The van der Waals surface area contributed by atoms with Gasteiger partial charge in [0.1, 0.15) is 12.4 Å². The largest absolute Gasteiger partial charge is 0.491 e. The summed E-state index contributed by atoms with van der Waals surface area (Å²) in [5.41, 5.74) is 3.65. The molecule has 0 aliphatic heterocycles. The molecule has 0 heterocycles. The number of esters is 1. The molecule has 0 aromatic heterocycles. The average Bonchev–Trinajstić information content (AvgIpc) is 2.63. The third-order valence-corrected chi connectivity index (χ3v) is 4.21. The number of benzene rings is 2. The van der Waals surface area contributed by atoms with Crippen molar-refractivity contribution in [1.29, 1.82) is 0 Å². The molecule has 2 aromatic rings. The summed E-state index contributed by atoms with van der Waals surface area (Å²) in [6, 6.07) is 13.1. The molecule has 2 aromatic carbocycles. The zero-order valence-electron chi connectivity index (χ0n) is 16.2. The Hall–Kier alpha value is -2.60. The van der Waals surface area contributed by atoms with Crippen LogP contribution in [0.4, 0.5) is 5.69 Å². The van der Waals surface area contributed by atoms with Crippen molar-refractivity contribution in [3.63, 3.8) is 0 Å². The third-order valence-electron chi connectivity index (χ3n) is 3.99. The monoisotopic (exact) mass is 386 g/mol. The maximum absolute atomic E-state index is 11.8. The number of carbonyl (C=O) groups excluding carboxylic acids is 1. The predicted molar refractivity (Wildman–Crippen MR) is 113 cm³/mol. The summed E-state index contributed by atoms with van der Waals surface area (Å²) in [6.07, 6.45) is 0. The van der Waals surface area contributed by atoms with Gasteiger partial charge in [0.2, 0.25) is 0 Å². The van der Waals surface area contributed by atoms with Gasteiger partial charge in [-0.2, -0.15) is 0 Å². The van der Waals surface area contributed by atoms with Gasteiger partial charge in [0.25, 0.3) is 0 Å². The molecule has 144 valence electrons. The van der Waals surface area contributed by atoms with Crippen LogP contribution in [-0.4, -0.2) is 30.3 Å². The molecular weight excluding hydrogens is 360 g/mol. The van der Waals surface area contributed by atoms with Crippen LogP contribution in [0.5, 0.6) is 5.75 Å². The van der Waals surface area contributed by atoms with E-state index in [1.54, 1.807) is 25.1 Å². The van der Waals surface area contributed by atoms with Crippen molar-refractivity contribution in [3.05, 3.63) is 59.2 Å². The maximum atomic E-state index is 11.8. The second-order valence-electron chi connectivity index (χ2n) is 6.36. The highest BCUT2D eigenvalue weighted by atomic mass is 32.1. The smallest absolute Gasteiger partial charge is 0.338 e. The number of rotatable bonds is 7. The fourth-order valence-corrected chi connectivity index (χ4v) is 2.71.